The van der Waals surface area contributed by atoms with E-state index in [1.165, 1.54) is 4.68 Å². The van der Waals surface area contributed by atoms with Gasteiger partial charge in [0.1, 0.15) is 5.56 Å². The van der Waals surface area contributed by atoms with Crippen LogP contribution in [0.1, 0.15) is 15.9 Å². The molecule has 8 heteroatoms. The Labute approximate surface area is 196 Å². The van der Waals surface area contributed by atoms with Crippen LogP contribution in [0.25, 0.3) is 5.69 Å². The predicted molar refractivity (Wildman–Crippen MR) is 128 cm³/mol. The van der Waals surface area contributed by atoms with Crippen molar-refractivity contribution < 1.29 is 4.79 Å². The second kappa shape index (κ2) is 9.14. The van der Waals surface area contributed by atoms with Gasteiger partial charge in [-0.25, -0.2) is 4.68 Å². The molecule has 0 unspecified atom stereocenters. The first-order valence-electron chi connectivity index (χ1n) is 9.31. The van der Waals surface area contributed by atoms with Crippen LogP contribution in [-0.2, 0) is 6.54 Å². The fraction of sp³-hybridized carbons (Fsp3) is 0.0435. The third-order valence-electron chi connectivity index (χ3n) is 4.67. The maximum Gasteiger partial charge on any atom is 0.284 e. The number of amides is 1. The zero-order chi connectivity index (χ0) is 22.0. The molecule has 0 atom stereocenters. The zero-order valence-electron chi connectivity index (χ0n) is 16.1. The van der Waals surface area contributed by atoms with E-state index in [0.717, 1.165) is 10.0 Å². The predicted octanol–water partition coefficient (Wildman–Crippen LogP) is 6.01. The van der Waals surface area contributed by atoms with Gasteiger partial charge in [0.2, 0.25) is 0 Å². The van der Waals surface area contributed by atoms with Gasteiger partial charge in [0.05, 0.1) is 12.2 Å². The van der Waals surface area contributed by atoms with Crippen LogP contribution in [-0.4, -0.2) is 15.3 Å². The molecule has 0 aliphatic heterocycles. The minimum Gasteiger partial charge on any atom is -0.322 e. The number of aromatic nitrogens is 2. The number of carbonyl (C=O) groups is 1. The summed E-state index contributed by atoms with van der Waals surface area (Å²) >= 11 is 15.6. The van der Waals surface area contributed by atoms with Gasteiger partial charge in [-0.05, 0) is 60.2 Å². The maximum atomic E-state index is 13.3. The second-order valence-corrected chi connectivity index (χ2v) is 8.55. The third-order valence-corrected chi connectivity index (χ3v) is 5.82. The number of anilines is 1. The highest BCUT2D eigenvalue weighted by atomic mass is 79.9. The topological polar surface area (TPSA) is 56.0 Å². The average molecular weight is 517 g/mol. The highest BCUT2D eigenvalue weighted by molar-refractivity contribution is 9.10. The first-order chi connectivity index (χ1) is 14.9. The summed E-state index contributed by atoms with van der Waals surface area (Å²) in [4.78, 5) is 26.1. The second-order valence-electron chi connectivity index (χ2n) is 6.79. The van der Waals surface area contributed by atoms with Crippen molar-refractivity contribution in [3.8, 4) is 5.69 Å². The van der Waals surface area contributed by atoms with Gasteiger partial charge in [-0.1, -0.05) is 57.3 Å². The van der Waals surface area contributed by atoms with E-state index < -0.39 is 11.5 Å². The molecule has 0 radical (unpaired) electrons. The number of nitrogens with zero attached hydrogens (tertiary/aromatic N) is 2. The molecule has 1 aromatic heterocycles. The lowest BCUT2D eigenvalue weighted by Gasteiger charge is -2.12. The number of rotatable bonds is 5. The van der Waals surface area contributed by atoms with E-state index in [4.69, 9.17) is 23.2 Å². The molecule has 1 amide bonds. The number of hydrogen-bond acceptors (Lipinski definition) is 2. The maximum absolute atomic E-state index is 13.3. The molecule has 0 saturated heterocycles. The molecule has 3 aromatic carbocycles. The van der Waals surface area contributed by atoms with E-state index >= 15 is 0 Å². The lowest BCUT2D eigenvalue weighted by Crippen LogP contribution is -2.26. The molecular weight excluding hydrogens is 501 g/mol. The van der Waals surface area contributed by atoms with Crippen molar-refractivity contribution in [2.45, 2.75) is 6.54 Å². The lowest BCUT2D eigenvalue weighted by atomic mass is 10.2. The van der Waals surface area contributed by atoms with Crippen molar-refractivity contribution in [2.24, 2.45) is 0 Å². The molecule has 0 saturated carbocycles. The van der Waals surface area contributed by atoms with E-state index in [0.29, 0.717) is 28.0 Å². The Bertz CT molecular complexity index is 1300. The quantitative estimate of drug-likeness (QED) is 0.353. The van der Waals surface area contributed by atoms with Crippen LogP contribution in [0.4, 0.5) is 5.69 Å². The summed E-state index contributed by atoms with van der Waals surface area (Å²) < 4.78 is 4.03. The molecule has 0 fully saturated rings. The normalized spacial score (nSPS) is 10.8. The summed E-state index contributed by atoms with van der Waals surface area (Å²) in [6, 6.07) is 21.3. The zero-order valence-corrected chi connectivity index (χ0v) is 19.2. The third kappa shape index (κ3) is 4.77. The largest absolute Gasteiger partial charge is 0.322 e. The van der Waals surface area contributed by atoms with Gasteiger partial charge in [0, 0.05) is 26.4 Å². The first kappa shape index (κ1) is 21.4. The van der Waals surface area contributed by atoms with Crippen LogP contribution in [0.5, 0.6) is 0 Å². The molecule has 1 N–H and O–H groups in total. The Kier molecular flexibility index (Phi) is 6.32. The highest BCUT2D eigenvalue weighted by Gasteiger charge is 2.20. The SMILES string of the molecule is O=C(Nc1ccc(Cl)cc1)c1cn(Cc2ccccc2Cl)n(-c2ccc(Br)cc2)c1=O. The Morgan fingerprint density at radius 2 is 1.61 bits per heavy atom. The molecule has 0 spiro atoms. The van der Waals surface area contributed by atoms with Gasteiger partial charge in [-0.3, -0.25) is 14.3 Å². The summed E-state index contributed by atoms with van der Waals surface area (Å²) in [5.41, 5.74) is 1.59. The van der Waals surface area contributed by atoms with Crippen molar-refractivity contribution in [1.29, 1.82) is 0 Å². The van der Waals surface area contributed by atoms with Gasteiger partial charge < -0.3 is 5.32 Å². The van der Waals surface area contributed by atoms with Crippen LogP contribution in [0, 0.1) is 0 Å². The molecule has 31 heavy (non-hydrogen) atoms. The fourth-order valence-corrected chi connectivity index (χ4v) is 3.73. The van der Waals surface area contributed by atoms with Crippen LogP contribution in [0.2, 0.25) is 10.0 Å². The fourth-order valence-electron chi connectivity index (χ4n) is 3.15. The summed E-state index contributed by atoms with van der Waals surface area (Å²) in [7, 11) is 0. The standard InChI is InChI=1S/C23H16BrCl2N3O2/c24-16-5-11-19(12-6-16)29-23(31)20(22(30)27-18-9-7-17(25)8-10-18)14-28(29)13-15-3-1-2-4-21(15)26/h1-12,14H,13H2,(H,27,30). The molecule has 0 bridgehead atoms. The Balaban J connectivity index is 1.76. The van der Waals surface area contributed by atoms with Gasteiger partial charge in [-0.2, -0.15) is 0 Å². The van der Waals surface area contributed by atoms with Crippen LogP contribution in [0.3, 0.4) is 0 Å². The number of hydrogen-bond donors (Lipinski definition) is 1. The van der Waals surface area contributed by atoms with Gasteiger partial charge in [0.25, 0.3) is 11.5 Å². The van der Waals surface area contributed by atoms with E-state index in [1.807, 2.05) is 30.3 Å². The lowest BCUT2D eigenvalue weighted by molar-refractivity contribution is 0.102. The van der Waals surface area contributed by atoms with Crippen LogP contribution in [0.15, 0.2) is 88.3 Å². The van der Waals surface area contributed by atoms with Crippen molar-refractivity contribution in [1.82, 2.24) is 9.36 Å². The van der Waals surface area contributed by atoms with Gasteiger partial charge in [-0.15, -0.1) is 0 Å². The summed E-state index contributed by atoms with van der Waals surface area (Å²) in [5.74, 6) is -0.504. The van der Waals surface area contributed by atoms with Crippen molar-refractivity contribution >= 4 is 50.7 Å². The van der Waals surface area contributed by atoms with Crippen LogP contribution >= 0.6 is 39.1 Å². The highest BCUT2D eigenvalue weighted by Crippen LogP contribution is 2.19. The molecule has 156 valence electrons. The monoisotopic (exact) mass is 515 g/mol. The van der Waals surface area contributed by atoms with Crippen molar-refractivity contribution in [3.05, 3.63) is 115 Å². The molecule has 0 aliphatic carbocycles. The minimum atomic E-state index is -0.504. The van der Waals surface area contributed by atoms with E-state index in [-0.39, 0.29) is 5.56 Å². The first-order valence-corrected chi connectivity index (χ1v) is 10.9. The molecule has 0 aliphatic rings. The molecular formula is C23H16BrCl2N3O2. The van der Waals surface area contributed by atoms with E-state index in [2.05, 4.69) is 21.2 Å². The number of nitrogens with one attached hydrogen (secondary N) is 1. The average Bonchev–Trinajstić information content (AvgIpc) is 3.08. The molecule has 1 heterocycles. The summed E-state index contributed by atoms with van der Waals surface area (Å²) in [6.45, 7) is 0.319. The van der Waals surface area contributed by atoms with Crippen LogP contribution < -0.4 is 10.9 Å². The van der Waals surface area contributed by atoms with Crippen molar-refractivity contribution in [2.75, 3.05) is 5.32 Å². The molecule has 5 nitrogen and oxygen atoms in total. The van der Waals surface area contributed by atoms with E-state index in [1.54, 1.807) is 53.3 Å². The van der Waals surface area contributed by atoms with Gasteiger partial charge in [0.15, 0.2) is 0 Å². The Morgan fingerprint density at radius 1 is 0.935 bits per heavy atom. The number of halogens is 3. The summed E-state index contributed by atoms with van der Waals surface area (Å²) in [6.07, 6.45) is 1.54. The Hall–Kier alpha value is -2.80. The number of carbonyl (C=O) groups excluding carboxylic acids is 1. The van der Waals surface area contributed by atoms with Gasteiger partial charge >= 0.3 is 0 Å². The van der Waals surface area contributed by atoms with E-state index in [9.17, 15) is 9.59 Å². The smallest absolute Gasteiger partial charge is 0.284 e. The minimum absolute atomic E-state index is 0.0184. The molecule has 4 aromatic rings. The number of benzene rings is 3. The molecule has 4 rings (SSSR count). The Morgan fingerprint density at radius 3 is 2.29 bits per heavy atom. The van der Waals surface area contributed by atoms with Crippen molar-refractivity contribution in [3.63, 3.8) is 0 Å². The summed E-state index contributed by atoms with van der Waals surface area (Å²) in [5, 5.41) is 3.88.